The molecule has 0 radical (unpaired) electrons. The van der Waals surface area contributed by atoms with E-state index in [1.54, 1.807) is 0 Å². The van der Waals surface area contributed by atoms with Crippen LogP contribution >= 0.6 is 0 Å². The Balaban J connectivity index is 1.85. The van der Waals surface area contributed by atoms with E-state index in [0.717, 1.165) is 24.0 Å². The van der Waals surface area contributed by atoms with Crippen molar-refractivity contribution in [2.75, 3.05) is 6.54 Å². The number of nitrogens with one attached hydrogen (secondary N) is 1. The zero-order chi connectivity index (χ0) is 23.6. The van der Waals surface area contributed by atoms with E-state index in [1.807, 2.05) is 42.5 Å². The SMILES string of the molecule is CCC[C@@H](CN[C@@H](C)c1ccccc1)C(=O)N([C@H](C)c1ccccc1)[C@H](C)c1ccccc1. The molecule has 0 fully saturated rings. The van der Waals surface area contributed by atoms with E-state index in [1.165, 1.54) is 5.56 Å². The summed E-state index contributed by atoms with van der Waals surface area (Å²) in [6, 6.07) is 31.3. The second-order valence-corrected chi connectivity index (χ2v) is 8.95. The van der Waals surface area contributed by atoms with Crippen molar-refractivity contribution in [3.05, 3.63) is 108 Å². The molecule has 3 rings (SSSR count). The van der Waals surface area contributed by atoms with Crippen LogP contribution in [0.1, 0.15) is 75.4 Å². The zero-order valence-electron chi connectivity index (χ0n) is 20.4. The smallest absolute Gasteiger partial charge is 0.227 e. The molecule has 3 heteroatoms. The van der Waals surface area contributed by atoms with Gasteiger partial charge in [0.05, 0.1) is 18.0 Å². The average molecular weight is 443 g/mol. The van der Waals surface area contributed by atoms with Crippen LogP contribution in [0.2, 0.25) is 0 Å². The average Bonchev–Trinajstić information content (AvgIpc) is 2.87. The van der Waals surface area contributed by atoms with Crippen molar-refractivity contribution in [1.82, 2.24) is 10.2 Å². The van der Waals surface area contributed by atoms with Gasteiger partial charge in [-0.1, -0.05) is 104 Å². The second-order valence-electron chi connectivity index (χ2n) is 8.95. The Labute approximate surface area is 199 Å². The molecule has 0 heterocycles. The molecule has 0 unspecified atom stereocenters. The first-order valence-electron chi connectivity index (χ1n) is 12.2. The second kappa shape index (κ2) is 12.4. The number of carbonyl (C=O) groups excluding carboxylic acids is 1. The van der Waals surface area contributed by atoms with Gasteiger partial charge >= 0.3 is 0 Å². The van der Waals surface area contributed by atoms with Gasteiger partial charge in [-0.25, -0.2) is 0 Å². The Bertz CT molecular complexity index is 913. The van der Waals surface area contributed by atoms with Gasteiger partial charge in [0.1, 0.15) is 0 Å². The van der Waals surface area contributed by atoms with Crippen LogP contribution in [0, 0.1) is 5.92 Å². The number of benzene rings is 3. The highest BCUT2D eigenvalue weighted by molar-refractivity contribution is 5.80. The topological polar surface area (TPSA) is 32.3 Å². The summed E-state index contributed by atoms with van der Waals surface area (Å²) in [6.07, 6.45) is 1.85. The number of hydrogen-bond donors (Lipinski definition) is 1. The molecule has 1 amide bonds. The fourth-order valence-electron chi connectivity index (χ4n) is 4.55. The van der Waals surface area contributed by atoms with E-state index in [0.29, 0.717) is 6.54 Å². The third kappa shape index (κ3) is 6.55. The molecule has 1 N–H and O–H groups in total. The fraction of sp³-hybridized carbons (Fsp3) is 0.367. The third-order valence-corrected chi connectivity index (χ3v) is 6.61. The quantitative estimate of drug-likeness (QED) is 0.343. The van der Waals surface area contributed by atoms with Gasteiger partial charge in [-0.15, -0.1) is 0 Å². The lowest BCUT2D eigenvalue weighted by atomic mass is 9.95. The predicted molar refractivity (Wildman–Crippen MR) is 138 cm³/mol. The minimum atomic E-state index is -0.0708. The maximum absolute atomic E-state index is 14.1. The van der Waals surface area contributed by atoms with Crippen LogP contribution in [0.4, 0.5) is 0 Å². The number of carbonyl (C=O) groups is 1. The van der Waals surface area contributed by atoms with Gasteiger partial charge in [0.2, 0.25) is 5.91 Å². The molecule has 0 saturated heterocycles. The van der Waals surface area contributed by atoms with Crippen molar-refractivity contribution in [1.29, 1.82) is 0 Å². The van der Waals surface area contributed by atoms with E-state index < -0.39 is 0 Å². The summed E-state index contributed by atoms with van der Waals surface area (Å²) in [5.74, 6) is 0.149. The maximum atomic E-state index is 14.1. The molecule has 0 aliphatic rings. The van der Waals surface area contributed by atoms with Gasteiger partial charge in [-0.2, -0.15) is 0 Å². The minimum absolute atomic E-state index is 0.0141. The van der Waals surface area contributed by atoms with Crippen molar-refractivity contribution in [3.63, 3.8) is 0 Å². The van der Waals surface area contributed by atoms with Crippen LogP contribution in [0.25, 0.3) is 0 Å². The molecule has 174 valence electrons. The molecule has 3 aromatic carbocycles. The summed E-state index contributed by atoms with van der Waals surface area (Å²) < 4.78 is 0. The van der Waals surface area contributed by atoms with Crippen molar-refractivity contribution in [2.45, 2.75) is 58.7 Å². The van der Waals surface area contributed by atoms with E-state index >= 15 is 0 Å². The zero-order valence-corrected chi connectivity index (χ0v) is 20.4. The molecule has 33 heavy (non-hydrogen) atoms. The van der Waals surface area contributed by atoms with Crippen molar-refractivity contribution < 1.29 is 4.79 Å². The summed E-state index contributed by atoms with van der Waals surface area (Å²) in [5, 5.41) is 3.63. The molecule has 0 bridgehead atoms. The molecule has 4 atom stereocenters. The number of hydrogen-bond acceptors (Lipinski definition) is 2. The van der Waals surface area contributed by atoms with Crippen LogP contribution in [0.5, 0.6) is 0 Å². The fourth-order valence-corrected chi connectivity index (χ4v) is 4.55. The predicted octanol–water partition coefficient (Wildman–Crippen LogP) is 7.10. The molecule has 0 aliphatic heterocycles. The van der Waals surface area contributed by atoms with Crippen LogP contribution in [-0.2, 0) is 4.79 Å². The molecule has 0 saturated carbocycles. The molecule has 0 spiro atoms. The summed E-state index contributed by atoms with van der Waals surface area (Å²) in [4.78, 5) is 16.2. The van der Waals surface area contributed by atoms with Crippen LogP contribution in [0.15, 0.2) is 91.0 Å². The molecule has 3 aromatic rings. The van der Waals surface area contributed by atoms with Crippen LogP contribution in [-0.4, -0.2) is 17.4 Å². The van der Waals surface area contributed by atoms with Gasteiger partial charge in [0.25, 0.3) is 0 Å². The Hall–Kier alpha value is -2.91. The first-order valence-corrected chi connectivity index (χ1v) is 12.2. The van der Waals surface area contributed by atoms with Crippen LogP contribution in [0.3, 0.4) is 0 Å². The Morgan fingerprint density at radius 1 is 0.727 bits per heavy atom. The largest absolute Gasteiger partial charge is 0.329 e. The Kier molecular flexibility index (Phi) is 9.26. The third-order valence-electron chi connectivity index (χ3n) is 6.61. The Morgan fingerprint density at radius 3 is 1.58 bits per heavy atom. The van der Waals surface area contributed by atoms with E-state index in [9.17, 15) is 4.79 Å². The highest BCUT2D eigenvalue weighted by atomic mass is 16.2. The highest BCUT2D eigenvalue weighted by Crippen LogP contribution is 2.32. The first-order chi connectivity index (χ1) is 16.0. The molecular weight excluding hydrogens is 404 g/mol. The standard InChI is InChI=1S/C30H38N2O/c1-5-15-29(22-31-23(2)26-16-9-6-10-17-26)30(33)32(24(3)27-18-11-7-12-19-27)25(4)28-20-13-8-14-21-28/h6-14,16-21,23-25,29,31H,5,15,22H2,1-4H3/t23-,24+,25+,29-/m0/s1. The maximum Gasteiger partial charge on any atom is 0.227 e. The molecule has 3 nitrogen and oxygen atoms in total. The molecular formula is C30H38N2O. The lowest BCUT2D eigenvalue weighted by Gasteiger charge is -2.38. The lowest BCUT2D eigenvalue weighted by molar-refractivity contribution is -0.140. The van der Waals surface area contributed by atoms with Gasteiger partial charge in [-0.3, -0.25) is 4.79 Å². The van der Waals surface area contributed by atoms with E-state index in [-0.39, 0.29) is 30.0 Å². The van der Waals surface area contributed by atoms with E-state index in [2.05, 4.69) is 86.4 Å². The minimum Gasteiger partial charge on any atom is -0.329 e. The van der Waals surface area contributed by atoms with Gasteiger partial charge in [-0.05, 0) is 43.9 Å². The number of rotatable bonds is 11. The summed E-state index contributed by atoms with van der Waals surface area (Å²) >= 11 is 0. The Morgan fingerprint density at radius 2 is 1.15 bits per heavy atom. The summed E-state index contributed by atoms with van der Waals surface area (Å²) in [5.41, 5.74) is 3.57. The summed E-state index contributed by atoms with van der Waals surface area (Å²) in [7, 11) is 0. The van der Waals surface area contributed by atoms with Gasteiger partial charge in [0, 0.05) is 12.6 Å². The van der Waals surface area contributed by atoms with Gasteiger partial charge < -0.3 is 10.2 Å². The summed E-state index contributed by atoms with van der Waals surface area (Å²) in [6.45, 7) is 9.29. The first kappa shape index (κ1) is 24.7. The molecule has 0 aromatic heterocycles. The van der Waals surface area contributed by atoms with Gasteiger partial charge in [0.15, 0.2) is 0 Å². The molecule has 0 aliphatic carbocycles. The lowest BCUT2D eigenvalue weighted by Crippen LogP contribution is -2.43. The number of nitrogens with zero attached hydrogens (tertiary/aromatic N) is 1. The van der Waals surface area contributed by atoms with E-state index in [4.69, 9.17) is 0 Å². The normalized spacial score (nSPS) is 14.8. The monoisotopic (exact) mass is 442 g/mol. The number of amides is 1. The van der Waals surface area contributed by atoms with Crippen molar-refractivity contribution >= 4 is 5.91 Å². The van der Waals surface area contributed by atoms with Crippen molar-refractivity contribution in [3.8, 4) is 0 Å². The van der Waals surface area contributed by atoms with Crippen molar-refractivity contribution in [2.24, 2.45) is 5.92 Å². The van der Waals surface area contributed by atoms with Crippen LogP contribution < -0.4 is 5.32 Å². The highest BCUT2D eigenvalue weighted by Gasteiger charge is 2.32.